The Morgan fingerprint density at radius 2 is 1.95 bits per heavy atom. The Morgan fingerprint density at radius 1 is 1.20 bits per heavy atom. The predicted molar refractivity (Wildman–Crippen MR) is 81.5 cm³/mol. The minimum absolute atomic E-state index is 0.410. The van der Waals surface area contributed by atoms with E-state index in [-0.39, 0.29) is 0 Å². The number of carbonyl (C=O) groups excluding carboxylic acids is 1. The summed E-state index contributed by atoms with van der Waals surface area (Å²) in [6, 6.07) is 15.8. The highest BCUT2D eigenvalue weighted by molar-refractivity contribution is 6.17. The summed E-state index contributed by atoms with van der Waals surface area (Å²) in [5.74, 6) is 0.410. The number of hydrogen-bond acceptors (Lipinski definition) is 2. The molecule has 0 fully saturated rings. The summed E-state index contributed by atoms with van der Waals surface area (Å²) in [6.07, 6.45) is 1.12. The van der Waals surface area contributed by atoms with Gasteiger partial charge in [-0.3, -0.25) is 4.79 Å². The quantitative estimate of drug-likeness (QED) is 0.444. The third-order valence-electron chi connectivity index (χ3n) is 3.08. The van der Waals surface area contributed by atoms with E-state index in [4.69, 9.17) is 16.3 Å². The molecule has 1 atom stereocenters. The second-order valence-electron chi connectivity index (χ2n) is 4.31. The molecule has 0 aliphatic heterocycles. The zero-order valence-corrected chi connectivity index (χ0v) is 11.7. The molecule has 0 bridgehead atoms. The summed E-state index contributed by atoms with van der Waals surface area (Å²) in [5.41, 5.74) is 3.93. The van der Waals surface area contributed by atoms with Crippen molar-refractivity contribution in [1.82, 2.24) is 0 Å². The molecule has 0 saturated heterocycles. The van der Waals surface area contributed by atoms with Gasteiger partial charge in [0.25, 0.3) is 6.47 Å². The van der Waals surface area contributed by atoms with Gasteiger partial charge in [-0.2, -0.15) is 0 Å². The lowest BCUT2D eigenvalue weighted by molar-refractivity contribution is -0.131. The van der Waals surface area contributed by atoms with Crippen molar-refractivity contribution < 1.29 is 9.53 Å². The Kier molecular flexibility index (Phi) is 4.97. The average Bonchev–Trinajstić information content (AvgIpc) is 2.53. The van der Waals surface area contributed by atoms with Crippen LogP contribution in [0.5, 0.6) is 0 Å². The van der Waals surface area contributed by atoms with Gasteiger partial charge in [0.15, 0.2) is 0 Å². The monoisotopic (exact) mass is 286 g/mol. The molecule has 2 rings (SSSR count). The fraction of sp³-hybridized carbons (Fsp3) is 0.118. The Hall–Kier alpha value is -2.06. The Labute approximate surface area is 123 Å². The maximum Gasteiger partial charge on any atom is 0.294 e. The minimum Gasteiger partial charge on any atom is -0.455 e. The molecule has 0 spiro atoms. The van der Waals surface area contributed by atoms with E-state index < -0.39 is 6.10 Å². The second kappa shape index (κ2) is 6.92. The minimum atomic E-state index is -0.481. The van der Waals surface area contributed by atoms with Gasteiger partial charge in [0, 0.05) is 11.4 Å². The fourth-order valence-corrected chi connectivity index (χ4v) is 2.29. The molecule has 2 nitrogen and oxygen atoms in total. The number of alkyl halides is 1. The fourth-order valence-electron chi connectivity index (χ4n) is 2.13. The molecule has 20 heavy (non-hydrogen) atoms. The standard InChI is InChI=1S/C17H15ClO2/c1-2-17(20-12-19)16-10-13(11-18)8-9-15(16)14-6-4-3-5-7-14/h2-10,12,17H,1,11H2. The molecule has 0 heterocycles. The van der Waals surface area contributed by atoms with E-state index in [1.54, 1.807) is 6.08 Å². The SMILES string of the molecule is C=CC(OC=O)c1cc(CCl)ccc1-c1ccccc1. The van der Waals surface area contributed by atoms with E-state index in [9.17, 15) is 4.79 Å². The highest BCUT2D eigenvalue weighted by Crippen LogP contribution is 2.31. The molecule has 2 aromatic rings. The van der Waals surface area contributed by atoms with E-state index >= 15 is 0 Å². The third-order valence-corrected chi connectivity index (χ3v) is 3.39. The third kappa shape index (κ3) is 3.09. The van der Waals surface area contributed by atoms with Crippen LogP contribution in [0.2, 0.25) is 0 Å². The van der Waals surface area contributed by atoms with Crippen molar-refractivity contribution in [3.63, 3.8) is 0 Å². The van der Waals surface area contributed by atoms with Crippen LogP contribution in [0.15, 0.2) is 61.2 Å². The number of hydrogen-bond donors (Lipinski definition) is 0. The van der Waals surface area contributed by atoms with Crippen LogP contribution in [-0.4, -0.2) is 6.47 Å². The van der Waals surface area contributed by atoms with E-state index in [2.05, 4.69) is 6.58 Å². The lowest BCUT2D eigenvalue weighted by atomic mass is 9.94. The zero-order valence-electron chi connectivity index (χ0n) is 11.0. The first kappa shape index (κ1) is 14.4. The van der Waals surface area contributed by atoms with Crippen LogP contribution in [0.3, 0.4) is 0 Å². The van der Waals surface area contributed by atoms with Gasteiger partial charge < -0.3 is 4.74 Å². The maximum atomic E-state index is 10.7. The molecule has 0 aliphatic carbocycles. The summed E-state index contributed by atoms with van der Waals surface area (Å²) in [6.45, 7) is 4.17. The summed E-state index contributed by atoms with van der Waals surface area (Å²) in [7, 11) is 0. The molecule has 0 amide bonds. The van der Waals surface area contributed by atoms with Crippen molar-refractivity contribution in [2.75, 3.05) is 0 Å². The van der Waals surface area contributed by atoms with Crippen molar-refractivity contribution in [2.45, 2.75) is 12.0 Å². The molecular formula is C17H15ClO2. The van der Waals surface area contributed by atoms with Gasteiger partial charge in [0.2, 0.25) is 0 Å². The Morgan fingerprint density at radius 3 is 2.55 bits per heavy atom. The smallest absolute Gasteiger partial charge is 0.294 e. The number of ether oxygens (including phenoxy) is 1. The molecule has 0 radical (unpaired) electrons. The number of halogens is 1. The van der Waals surface area contributed by atoms with Crippen LogP contribution in [0, 0.1) is 0 Å². The van der Waals surface area contributed by atoms with E-state index in [0.29, 0.717) is 12.4 Å². The van der Waals surface area contributed by atoms with Gasteiger partial charge >= 0.3 is 0 Å². The van der Waals surface area contributed by atoms with Crippen molar-refractivity contribution >= 4 is 18.1 Å². The van der Waals surface area contributed by atoms with Crippen molar-refractivity contribution in [3.05, 3.63) is 72.3 Å². The van der Waals surface area contributed by atoms with E-state index in [1.807, 2.05) is 48.5 Å². The van der Waals surface area contributed by atoms with Gasteiger partial charge in [-0.25, -0.2) is 0 Å². The number of benzene rings is 2. The van der Waals surface area contributed by atoms with Crippen LogP contribution in [-0.2, 0) is 15.4 Å². The zero-order chi connectivity index (χ0) is 14.4. The molecule has 2 aromatic carbocycles. The Bertz CT molecular complexity index is 593. The lowest BCUT2D eigenvalue weighted by Crippen LogP contribution is -2.03. The van der Waals surface area contributed by atoms with Crippen LogP contribution in [0.4, 0.5) is 0 Å². The van der Waals surface area contributed by atoms with Gasteiger partial charge in [-0.15, -0.1) is 11.6 Å². The summed E-state index contributed by atoms with van der Waals surface area (Å²) >= 11 is 5.89. The van der Waals surface area contributed by atoms with Crippen LogP contribution < -0.4 is 0 Å². The summed E-state index contributed by atoms with van der Waals surface area (Å²) < 4.78 is 5.10. The number of rotatable bonds is 6. The van der Waals surface area contributed by atoms with Gasteiger partial charge in [0.05, 0.1) is 0 Å². The van der Waals surface area contributed by atoms with Crippen LogP contribution >= 0.6 is 11.6 Å². The molecule has 3 heteroatoms. The largest absolute Gasteiger partial charge is 0.455 e. The summed E-state index contributed by atoms with van der Waals surface area (Å²) in [5, 5.41) is 0. The first-order valence-corrected chi connectivity index (χ1v) is 6.79. The van der Waals surface area contributed by atoms with Gasteiger partial charge in [-0.1, -0.05) is 49.0 Å². The number of carbonyl (C=O) groups is 1. The van der Waals surface area contributed by atoms with E-state index in [1.165, 1.54) is 0 Å². The lowest BCUT2D eigenvalue weighted by Gasteiger charge is -2.17. The van der Waals surface area contributed by atoms with Crippen molar-refractivity contribution in [3.8, 4) is 11.1 Å². The van der Waals surface area contributed by atoms with Crippen LogP contribution in [0.1, 0.15) is 17.2 Å². The second-order valence-corrected chi connectivity index (χ2v) is 4.58. The molecule has 0 saturated carbocycles. The first-order chi connectivity index (χ1) is 9.80. The highest BCUT2D eigenvalue weighted by atomic mass is 35.5. The molecular weight excluding hydrogens is 272 g/mol. The molecule has 0 aliphatic rings. The van der Waals surface area contributed by atoms with Gasteiger partial charge in [0.1, 0.15) is 6.10 Å². The van der Waals surface area contributed by atoms with E-state index in [0.717, 1.165) is 22.3 Å². The van der Waals surface area contributed by atoms with Gasteiger partial charge in [-0.05, 0) is 28.8 Å². The van der Waals surface area contributed by atoms with Crippen molar-refractivity contribution in [2.24, 2.45) is 0 Å². The molecule has 0 N–H and O–H groups in total. The normalized spacial score (nSPS) is 11.7. The highest BCUT2D eigenvalue weighted by Gasteiger charge is 2.15. The average molecular weight is 287 g/mol. The van der Waals surface area contributed by atoms with Crippen molar-refractivity contribution in [1.29, 1.82) is 0 Å². The first-order valence-electron chi connectivity index (χ1n) is 6.26. The maximum absolute atomic E-state index is 10.7. The molecule has 102 valence electrons. The summed E-state index contributed by atoms with van der Waals surface area (Å²) in [4.78, 5) is 10.7. The molecule has 1 unspecified atom stereocenters. The topological polar surface area (TPSA) is 26.3 Å². The predicted octanol–water partition coefficient (Wildman–Crippen LogP) is 4.49. The molecule has 0 aromatic heterocycles. The van der Waals surface area contributed by atoms with Crippen LogP contribution in [0.25, 0.3) is 11.1 Å². The Balaban J connectivity index is 2.56.